The van der Waals surface area contributed by atoms with E-state index in [1.54, 1.807) is 30.3 Å². The van der Waals surface area contributed by atoms with E-state index in [4.69, 9.17) is 0 Å². The number of hydrogen-bond donors (Lipinski definition) is 1. The van der Waals surface area contributed by atoms with Gasteiger partial charge in [0.25, 0.3) is 5.91 Å². The normalized spacial score (nSPS) is 12.7. The van der Waals surface area contributed by atoms with Crippen molar-refractivity contribution in [1.82, 2.24) is 5.32 Å². The molecule has 0 radical (unpaired) electrons. The zero-order chi connectivity index (χ0) is 19.0. The van der Waals surface area contributed by atoms with Crippen molar-refractivity contribution in [2.75, 3.05) is 21.3 Å². The molecule has 0 aliphatic rings. The van der Waals surface area contributed by atoms with E-state index in [-0.39, 0.29) is 0 Å². The number of hydrogen-bond acceptors (Lipinski definition) is 7. The van der Waals surface area contributed by atoms with Crippen LogP contribution in [-0.4, -0.2) is 51.2 Å². The second kappa shape index (κ2) is 9.41. The lowest BCUT2D eigenvalue weighted by Crippen LogP contribution is -2.49. The molecule has 0 saturated heterocycles. The summed E-state index contributed by atoms with van der Waals surface area (Å²) in [4.78, 5) is 48.4. The van der Waals surface area contributed by atoms with Gasteiger partial charge in [-0.2, -0.15) is 0 Å². The molecule has 1 rings (SSSR count). The maximum Gasteiger partial charge on any atom is 0.321 e. The van der Waals surface area contributed by atoms with Gasteiger partial charge in [0.15, 0.2) is 5.92 Å². The number of amides is 1. The van der Waals surface area contributed by atoms with Crippen LogP contribution >= 0.6 is 0 Å². The van der Waals surface area contributed by atoms with E-state index in [0.717, 1.165) is 21.3 Å². The summed E-state index contributed by atoms with van der Waals surface area (Å²) in [5.74, 6) is -6.09. The monoisotopic (exact) mass is 351 g/mol. The molecule has 2 unspecified atom stereocenters. The molecule has 1 aromatic rings. The number of rotatable bonds is 7. The molecule has 2 atom stereocenters. The summed E-state index contributed by atoms with van der Waals surface area (Å²) in [6.45, 7) is 1.49. The van der Waals surface area contributed by atoms with Crippen LogP contribution in [0.1, 0.15) is 17.3 Å². The third-order valence-corrected chi connectivity index (χ3v) is 3.68. The van der Waals surface area contributed by atoms with Gasteiger partial charge in [0.2, 0.25) is 0 Å². The van der Waals surface area contributed by atoms with Crippen LogP contribution in [0.5, 0.6) is 0 Å². The first-order chi connectivity index (χ1) is 11.9. The number of methoxy groups -OCH3 is 3. The first kappa shape index (κ1) is 20.1. The van der Waals surface area contributed by atoms with E-state index in [9.17, 15) is 19.2 Å². The predicted octanol–water partition coefficient (Wildman–Crippen LogP) is 0.556. The van der Waals surface area contributed by atoms with Crippen molar-refractivity contribution >= 4 is 23.8 Å². The fourth-order valence-corrected chi connectivity index (χ4v) is 2.38. The molecular weight excluding hydrogens is 330 g/mol. The van der Waals surface area contributed by atoms with Gasteiger partial charge in [0.05, 0.1) is 21.3 Å². The van der Waals surface area contributed by atoms with Crippen LogP contribution in [0.15, 0.2) is 30.3 Å². The van der Waals surface area contributed by atoms with Gasteiger partial charge in [-0.25, -0.2) is 0 Å². The molecule has 0 heterocycles. The third-order valence-electron chi connectivity index (χ3n) is 3.68. The first-order valence-electron chi connectivity index (χ1n) is 7.46. The summed E-state index contributed by atoms with van der Waals surface area (Å²) in [5.41, 5.74) is 0.366. The molecule has 0 aliphatic carbocycles. The quantitative estimate of drug-likeness (QED) is 0.434. The van der Waals surface area contributed by atoms with Crippen LogP contribution in [0, 0.1) is 11.8 Å². The van der Waals surface area contributed by atoms with Crippen molar-refractivity contribution in [3.05, 3.63) is 35.9 Å². The van der Waals surface area contributed by atoms with E-state index in [2.05, 4.69) is 19.5 Å². The van der Waals surface area contributed by atoms with Gasteiger partial charge in [0.1, 0.15) is 5.92 Å². The smallest absolute Gasteiger partial charge is 0.321 e. The molecule has 0 saturated carbocycles. The maximum absolute atomic E-state index is 12.3. The maximum atomic E-state index is 12.3. The van der Waals surface area contributed by atoms with Gasteiger partial charge in [0, 0.05) is 11.6 Å². The van der Waals surface area contributed by atoms with E-state index in [0.29, 0.717) is 5.56 Å². The van der Waals surface area contributed by atoms with Crippen molar-refractivity contribution in [3.63, 3.8) is 0 Å². The van der Waals surface area contributed by atoms with E-state index in [1.807, 2.05) is 0 Å². The van der Waals surface area contributed by atoms with Gasteiger partial charge in [-0.3, -0.25) is 19.2 Å². The number of ether oxygens (including phenoxy) is 3. The van der Waals surface area contributed by atoms with Gasteiger partial charge in [-0.05, 0) is 19.1 Å². The number of carbonyl (C=O) groups excluding carboxylic acids is 4. The van der Waals surface area contributed by atoms with E-state index < -0.39 is 41.7 Å². The molecule has 1 N–H and O–H groups in total. The molecule has 25 heavy (non-hydrogen) atoms. The summed E-state index contributed by atoms with van der Waals surface area (Å²) in [7, 11) is 3.28. The van der Waals surface area contributed by atoms with Gasteiger partial charge >= 0.3 is 17.9 Å². The Labute approximate surface area is 145 Å². The van der Waals surface area contributed by atoms with Crippen molar-refractivity contribution in [2.24, 2.45) is 11.8 Å². The Bertz CT molecular complexity index is 613. The average molecular weight is 351 g/mol. The molecule has 0 spiro atoms. The Balaban J connectivity index is 3.11. The summed E-state index contributed by atoms with van der Waals surface area (Å²) in [5, 5.41) is 2.59. The summed E-state index contributed by atoms with van der Waals surface area (Å²) >= 11 is 0. The number of esters is 3. The number of nitrogens with one attached hydrogen (secondary N) is 1. The fraction of sp³-hybridized carbons (Fsp3) is 0.412. The minimum Gasteiger partial charge on any atom is -0.469 e. The third kappa shape index (κ3) is 5.03. The molecule has 0 fully saturated rings. The second-order valence-electron chi connectivity index (χ2n) is 5.20. The zero-order valence-corrected chi connectivity index (χ0v) is 14.5. The second-order valence-corrected chi connectivity index (χ2v) is 5.20. The highest BCUT2D eigenvalue weighted by atomic mass is 16.5. The van der Waals surface area contributed by atoms with Crippen molar-refractivity contribution in [1.29, 1.82) is 0 Å². The molecule has 8 nitrogen and oxygen atoms in total. The molecule has 136 valence electrons. The molecule has 0 aromatic heterocycles. The highest BCUT2D eigenvalue weighted by Gasteiger charge is 2.45. The van der Waals surface area contributed by atoms with Crippen LogP contribution in [0.4, 0.5) is 0 Å². The topological polar surface area (TPSA) is 108 Å². The Morgan fingerprint density at radius 1 is 0.840 bits per heavy atom. The van der Waals surface area contributed by atoms with Crippen molar-refractivity contribution in [3.8, 4) is 0 Å². The van der Waals surface area contributed by atoms with Crippen LogP contribution in [0.25, 0.3) is 0 Å². The standard InChI is InChI=1S/C17H21NO7/c1-10(18-14(19)11-8-6-5-7-9-11)12(15(20)23-2)13(16(21)24-3)17(22)25-4/h5-10,12-13H,1-4H3,(H,18,19). The minimum atomic E-state index is -1.56. The Morgan fingerprint density at radius 3 is 1.76 bits per heavy atom. The Hall–Kier alpha value is -2.90. The number of benzene rings is 1. The molecule has 1 aromatic carbocycles. The van der Waals surface area contributed by atoms with Gasteiger partial charge in [-0.1, -0.05) is 18.2 Å². The predicted molar refractivity (Wildman–Crippen MR) is 86.4 cm³/mol. The largest absolute Gasteiger partial charge is 0.469 e. The number of carbonyl (C=O) groups is 4. The summed E-state index contributed by atoms with van der Waals surface area (Å²) in [6, 6.07) is 7.40. The van der Waals surface area contributed by atoms with Crippen LogP contribution in [0.3, 0.4) is 0 Å². The SMILES string of the molecule is COC(=O)C(C(=O)OC)C(C(=O)OC)C(C)NC(=O)c1ccccc1. The summed E-state index contributed by atoms with van der Waals surface area (Å²) in [6.07, 6.45) is 0. The molecule has 0 aliphatic heterocycles. The molecule has 8 heteroatoms. The fourth-order valence-electron chi connectivity index (χ4n) is 2.38. The van der Waals surface area contributed by atoms with Crippen LogP contribution < -0.4 is 5.32 Å². The van der Waals surface area contributed by atoms with Crippen LogP contribution in [0.2, 0.25) is 0 Å². The first-order valence-corrected chi connectivity index (χ1v) is 7.46. The molecular formula is C17H21NO7. The van der Waals surface area contributed by atoms with E-state index >= 15 is 0 Å². The lowest BCUT2D eigenvalue weighted by molar-refractivity contribution is -0.169. The summed E-state index contributed by atoms with van der Waals surface area (Å²) < 4.78 is 13.9. The minimum absolute atomic E-state index is 0.366. The van der Waals surface area contributed by atoms with Crippen molar-refractivity contribution < 1.29 is 33.4 Å². The van der Waals surface area contributed by atoms with Gasteiger partial charge in [-0.15, -0.1) is 0 Å². The lowest BCUT2D eigenvalue weighted by atomic mass is 9.86. The molecule has 0 bridgehead atoms. The highest BCUT2D eigenvalue weighted by molar-refractivity contribution is 6.00. The highest BCUT2D eigenvalue weighted by Crippen LogP contribution is 2.22. The molecule has 1 amide bonds. The zero-order valence-electron chi connectivity index (χ0n) is 14.5. The Kier molecular flexibility index (Phi) is 7.58. The van der Waals surface area contributed by atoms with Crippen molar-refractivity contribution in [2.45, 2.75) is 13.0 Å². The van der Waals surface area contributed by atoms with Crippen LogP contribution in [-0.2, 0) is 28.6 Å². The van der Waals surface area contributed by atoms with Gasteiger partial charge < -0.3 is 19.5 Å². The average Bonchev–Trinajstić information content (AvgIpc) is 2.64. The lowest BCUT2D eigenvalue weighted by Gasteiger charge is -2.27. The van der Waals surface area contributed by atoms with E-state index in [1.165, 1.54) is 6.92 Å². The Morgan fingerprint density at radius 2 is 1.32 bits per heavy atom.